The Morgan fingerprint density at radius 1 is 0.955 bits per heavy atom. The molecule has 1 aromatic heterocycles. The number of nitrogens with zero attached hydrogens (tertiary/aromatic N) is 1. The van der Waals surface area contributed by atoms with Gasteiger partial charge in [-0.3, -0.25) is 0 Å². The number of hydrogen-bond acceptors (Lipinski definition) is 2. The first-order valence-corrected chi connectivity index (χ1v) is 7.60. The Morgan fingerprint density at radius 2 is 1.73 bits per heavy atom. The number of benzene rings is 2. The van der Waals surface area contributed by atoms with Crippen molar-refractivity contribution in [2.45, 2.75) is 6.61 Å². The molecule has 0 N–H and O–H groups in total. The Kier molecular flexibility index (Phi) is 4.49. The molecular weight excluding hydrogens is 345 g/mol. The van der Waals surface area contributed by atoms with Crippen LogP contribution in [0.5, 0.6) is 5.75 Å². The third kappa shape index (κ3) is 3.52. The average Bonchev–Trinajstić information content (AvgIpc) is 2.55. The molecule has 0 aliphatic heterocycles. The number of pyridine rings is 1. The van der Waals surface area contributed by atoms with Gasteiger partial charge in [0.25, 0.3) is 0 Å². The molecule has 0 bridgehead atoms. The fourth-order valence-electron chi connectivity index (χ4n) is 2.08. The zero-order valence-electron chi connectivity index (χ0n) is 11.7. The van der Waals surface area contributed by atoms with E-state index in [1.807, 2.05) is 48.5 Å². The van der Waals surface area contributed by atoms with Crippen LogP contribution in [0.4, 0.5) is 4.39 Å². The molecule has 110 valence electrons. The van der Waals surface area contributed by atoms with Crippen LogP contribution in [0.3, 0.4) is 0 Å². The van der Waals surface area contributed by atoms with E-state index in [0.29, 0.717) is 6.61 Å². The van der Waals surface area contributed by atoms with E-state index in [2.05, 4.69) is 20.9 Å². The smallest absolute Gasteiger partial charge is 0.165 e. The number of ether oxygens (including phenoxy) is 1. The SMILES string of the molecule is Fc1cc(-c2ccc(Br)nc2)ccc1OCc1ccccc1. The highest BCUT2D eigenvalue weighted by Crippen LogP contribution is 2.26. The zero-order valence-corrected chi connectivity index (χ0v) is 13.3. The Labute approximate surface area is 136 Å². The van der Waals surface area contributed by atoms with Crippen molar-refractivity contribution in [2.24, 2.45) is 0 Å². The van der Waals surface area contributed by atoms with Crippen LogP contribution in [0.1, 0.15) is 5.56 Å². The zero-order chi connectivity index (χ0) is 15.4. The first kappa shape index (κ1) is 14.7. The van der Waals surface area contributed by atoms with Gasteiger partial charge in [0.2, 0.25) is 0 Å². The normalized spacial score (nSPS) is 10.5. The van der Waals surface area contributed by atoms with Crippen LogP contribution in [0.25, 0.3) is 11.1 Å². The van der Waals surface area contributed by atoms with Crippen molar-refractivity contribution in [1.29, 1.82) is 0 Å². The molecule has 0 fully saturated rings. The molecule has 1 heterocycles. The Bertz CT molecular complexity index is 760. The van der Waals surface area contributed by atoms with Crippen molar-refractivity contribution >= 4 is 15.9 Å². The molecule has 2 aromatic carbocycles. The minimum Gasteiger partial charge on any atom is -0.486 e. The van der Waals surface area contributed by atoms with Gasteiger partial charge in [-0.15, -0.1) is 0 Å². The second-order valence-electron chi connectivity index (χ2n) is 4.79. The van der Waals surface area contributed by atoms with E-state index in [0.717, 1.165) is 21.3 Å². The first-order chi connectivity index (χ1) is 10.7. The third-order valence-electron chi connectivity index (χ3n) is 3.23. The standard InChI is InChI=1S/C18H13BrFNO/c19-18-9-7-15(11-21-18)14-6-8-17(16(20)10-14)22-12-13-4-2-1-3-5-13/h1-11H,12H2. The summed E-state index contributed by atoms with van der Waals surface area (Å²) in [7, 11) is 0. The monoisotopic (exact) mass is 357 g/mol. The van der Waals surface area contributed by atoms with E-state index in [4.69, 9.17) is 4.74 Å². The molecule has 0 unspecified atom stereocenters. The van der Waals surface area contributed by atoms with Gasteiger partial charge in [-0.25, -0.2) is 9.37 Å². The predicted molar refractivity (Wildman–Crippen MR) is 88.1 cm³/mol. The average molecular weight is 358 g/mol. The summed E-state index contributed by atoms with van der Waals surface area (Å²) in [6.07, 6.45) is 1.70. The van der Waals surface area contributed by atoms with Crippen LogP contribution < -0.4 is 4.74 Å². The number of aromatic nitrogens is 1. The summed E-state index contributed by atoms with van der Waals surface area (Å²) in [6.45, 7) is 0.344. The summed E-state index contributed by atoms with van der Waals surface area (Å²) in [6, 6.07) is 18.3. The van der Waals surface area contributed by atoms with Gasteiger partial charge < -0.3 is 4.74 Å². The number of halogens is 2. The van der Waals surface area contributed by atoms with Crippen molar-refractivity contribution in [3.05, 3.63) is 82.8 Å². The molecule has 0 amide bonds. The summed E-state index contributed by atoms with van der Waals surface area (Å²) in [5, 5.41) is 0. The maximum absolute atomic E-state index is 14.2. The fraction of sp³-hybridized carbons (Fsp3) is 0.0556. The lowest BCUT2D eigenvalue weighted by molar-refractivity contribution is 0.290. The van der Waals surface area contributed by atoms with Crippen LogP contribution in [0, 0.1) is 5.82 Å². The molecule has 0 aliphatic carbocycles. The highest BCUT2D eigenvalue weighted by Gasteiger charge is 2.07. The molecule has 22 heavy (non-hydrogen) atoms. The number of rotatable bonds is 4. The predicted octanol–water partition coefficient (Wildman–Crippen LogP) is 5.23. The highest BCUT2D eigenvalue weighted by atomic mass is 79.9. The van der Waals surface area contributed by atoms with Gasteiger partial charge in [-0.2, -0.15) is 0 Å². The Morgan fingerprint density at radius 3 is 2.41 bits per heavy atom. The molecule has 3 rings (SSSR count). The fourth-order valence-corrected chi connectivity index (χ4v) is 2.31. The lowest BCUT2D eigenvalue weighted by Gasteiger charge is -2.09. The van der Waals surface area contributed by atoms with Gasteiger partial charge >= 0.3 is 0 Å². The Balaban J connectivity index is 1.76. The summed E-state index contributed by atoms with van der Waals surface area (Å²) in [4.78, 5) is 4.15. The molecule has 0 aliphatic rings. The summed E-state index contributed by atoms with van der Waals surface area (Å²) in [5.74, 6) is -0.131. The van der Waals surface area contributed by atoms with Crippen LogP contribution >= 0.6 is 15.9 Å². The highest BCUT2D eigenvalue weighted by molar-refractivity contribution is 9.10. The van der Waals surface area contributed by atoms with E-state index in [9.17, 15) is 4.39 Å². The molecule has 4 heteroatoms. The summed E-state index contributed by atoms with van der Waals surface area (Å²) >= 11 is 3.28. The van der Waals surface area contributed by atoms with Crippen molar-refractivity contribution < 1.29 is 9.13 Å². The van der Waals surface area contributed by atoms with E-state index in [1.165, 1.54) is 6.07 Å². The van der Waals surface area contributed by atoms with Gasteiger partial charge in [0.05, 0.1) is 0 Å². The van der Waals surface area contributed by atoms with Crippen LogP contribution in [0.15, 0.2) is 71.5 Å². The van der Waals surface area contributed by atoms with E-state index >= 15 is 0 Å². The van der Waals surface area contributed by atoms with E-state index in [-0.39, 0.29) is 11.6 Å². The summed E-state index contributed by atoms with van der Waals surface area (Å²) in [5.41, 5.74) is 2.63. The second kappa shape index (κ2) is 6.71. The molecule has 0 saturated heterocycles. The van der Waals surface area contributed by atoms with Crippen LogP contribution in [0.2, 0.25) is 0 Å². The van der Waals surface area contributed by atoms with Crippen LogP contribution in [-0.2, 0) is 6.61 Å². The minimum atomic E-state index is -0.378. The molecule has 2 nitrogen and oxygen atoms in total. The van der Waals surface area contributed by atoms with Crippen LogP contribution in [-0.4, -0.2) is 4.98 Å². The third-order valence-corrected chi connectivity index (χ3v) is 3.70. The first-order valence-electron chi connectivity index (χ1n) is 6.80. The molecule has 3 aromatic rings. The van der Waals surface area contributed by atoms with E-state index < -0.39 is 0 Å². The quantitative estimate of drug-likeness (QED) is 0.596. The largest absolute Gasteiger partial charge is 0.486 e. The van der Waals surface area contributed by atoms with Crippen molar-refractivity contribution in [2.75, 3.05) is 0 Å². The Hall–Kier alpha value is -2.20. The van der Waals surface area contributed by atoms with Gasteiger partial charge in [0.15, 0.2) is 11.6 Å². The van der Waals surface area contributed by atoms with E-state index in [1.54, 1.807) is 12.3 Å². The maximum Gasteiger partial charge on any atom is 0.165 e. The van der Waals surface area contributed by atoms with Crippen molar-refractivity contribution in [3.63, 3.8) is 0 Å². The minimum absolute atomic E-state index is 0.248. The molecule has 0 spiro atoms. The topological polar surface area (TPSA) is 22.1 Å². The second-order valence-corrected chi connectivity index (χ2v) is 5.60. The van der Waals surface area contributed by atoms with Gasteiger partial charge in [0.1, 0.15) is 11.2 Å². The molecule has 0 saturated carbocycles. The van der Waals surface area contributed by atoms with Crippen molar-refractivity contribution in [3.8, 4) is 16.9 Å². The van der Waals surface area contributed by atoms with Gasteiger partial charge in [-0.1, -0.05) is 42.5 Å². The number of hydrogen-bond donors (Lipinski definition) is 0. The molecule has 0 atom stereocenters. The lowest BCUT2D eigenvalue weighted by atomic mass is 10.1. The maximum atomic E-state index is 14.2. The lowest BCUT2D eigenvalue weighted by Crippen LogP contribution is -1.97. The summed E-state index contributed by atoms with van der Waals surface area (Å²) < 4.78 is 20.4. The molecular formula is C18H13BrFNO. The van der Waals surface area contributed by atoms with Gasteiger partial charge in [0, 0.05) is 11.8 Å². The van der Waals surface area contributed by atoms with Gasteiger partial charge in [-0.05, 0) is 45.3 Å². The van der Waals surface area contributed by atoms with Crippen molar-refractivity contribution in [1.82, 2.24) is 4.98 Å². The molecule has 0 radical (unpaired) electrons.